The molecule has 0 spiro atoms. The average Bonchev–Trinajstić information content (AvgIpc) is 3.19. The van der Waals surface area contributed by atoms with Crippen LogP contribution in [-0.4, -0.2) is 37.8 Å². The van der Waals surface area contributed by atoms with Crippen molar-refractivity contribution in [2.45, 2.75) is 52.6 Å². The maximum absolute atomic E-state index is 13.5. The molecule has 2 aromatic heterocycles. The van der Waals surface area contributed by atoms with Gasteiger partial charge in [-0.3, -0.25) is 9.36 Å². The topological polar surface area (TPSA) is 100 Å². The number of piperidine rings is 1. The molecule has 1 atom stereocenters. The first-order valence-corrected chi connectivity index (χ1v) is 11.3. The molecular weight excluding hydrogens is 420 g/mol. The molecular formula is C24H32N6O3. The number of ether oxygens (including phenoxy) is 1. The van der Waals surface area contributed by atoms with Gasteiger partial charge in [-0.15, -0.1) is 0 Å². The van der Waals surface area contributed by atoms with Crippen molar-refractivity contribution in [2.24, 2.45) is 12.8 Å². The molecule has 176 valence electrons. The van der Waals surface area contributed by atoms with E-state index >= 15 is 0 Å². The molecule has 1 fully saturated rings. The van der Waals surface area contributed by atoms with E-state index in [-0.39, 0.29) is 12.8 Å². The predicted molar refractivity (Wildman–Crippen MR) is 129 cm³/mol. The van der Waals surface area contributed by atoms with E-state index in [1.807, 2.05) is 48.7 Å². The molecule has 1 aromatic carbocycles. The lowest BCUT2D eigenvalue weighted by Crippen LogP contribution is -2.44. The van der Waals surface area contributed by atoms with Crippen molar-refractivity contribution < 1.29 is 4.74 Å². The Labute approximate surface area is 192 Å². The van der Waals surface area contributed by atoms with Crippen molar-refractivity contribution in [3.8, 4) is 0 Å². The normalized spacial score (nSPS) is 16.4. The molecule has 33 heavy (non-hydrogen) atoms. The first-order valence-electron chi connectivity index (χ1n) is 11.3. The van der Waals surface area contributed by atoms with Gasteiger partial charge in [-0.2, -0.15) is 4.98 Å². The number of hydrogen-bond donors (Lipinski definition) is 1. The van der Waals surface area contributed by atoms with Gasteiger partial charge in [0.2, 0.25) is 5.95 Å². The lowest BCUT2D eigenvalue weighted by Gasteiger charge is -2.31. The number of nitrogens with two attached hydrogens (primary N) is 1. The molecule has 0 amide bonds. The van der Waals surface area contributed by atoms with E-state index in [2.05, 4.69) is 11.0 Å². The van der Waals surface area contributed by atoms with Crippen molar-refractivity contribution in [3.63, 3.8) is 0 Å². The summed E-state index contributed by atoms with van der Waals surface area (Å²) in [4.78, 5) is 33.4. The van der Waals surface area contributed by atoms with E-state index in [9.17, 15) is 9.59 Å². The summed E-state index contributed by atoms with van der Waals surface area (Å²) in [5.41, 5.74) is 8.24. The minimum Gasteiger partial charge on any atom is -0.356 e. The first-order chi connectivity index (χ1) is 15.9. The average molecular weight is 453 g/mol. The number of fused-ring (bicyclic) bond motifs is 1. The monoisotopic (exact) mass is 452 g/mol. The van der Waals surface area contributed by atoms with Crippen LogP contribution in [-0.2, 0) is 31.7 Å². The molecule has 9 nitrogen and oxygen atoms in total. The summed E-state index contributed by atoms with van der Waals surface area (Å²) in [6.07, 6.45) is 3.98. The number of allylic oxidation sites excluding steroid dienone is 2. The van der Waals surface area contributed by atoms with Crippen LogP contribution >= 0.6 is 0 Å². The Kier molecular flexibility index (Phi) is 6.80. The zero-order valence-electron chi connectivity index (χ0n) is 19.5. The fourth-order valence-corrected chi connectivity index (χ4v) is 4.18. The van der Waals surface area contributed by atoms with Crippen LogP contribution in [0.15, 0.2) is 51.6 Å². The van der Waals surface area contributed by atoms with Gasteiger partial charge in [-0.1, -0.05) is 42.0 Å². The Morgan fingerprint density at radius 1 is 1.21 bits per heavy atom. The highest BCUT2D eigenvalue weighted by Crippen LogP contribution is 2.23. The van der Waals surface area contributed by atoms with Crippen LogP contribution in [0.25, 0.3) is 11.2 Å². The molecule has 2 N–H and O–H groups in total. The van der Waals surface area contributed by atoms with Crippen LogP contribution in [0.2, 0.25) is 0 Å². The molecule has 1 saturated heterocycles. The quantitative estimate of drug-likeness (QED) is 0.550. The van der Waals surface area contributed by atoms with Crippen LogP contribution in [0.5, 0.6) is 0 Å². The standard InChI is InChI=1S/C24H32N6O3/c1-17(2)11-13-29-20-21(26-23(29)28-12-7-10-19(25)14-28)27(3)24(32)30(22(20)31)16-33-15-18-8-5-4-6-9-18/h4-6,8-9,11,19H,7,10,12-16,25H2,1-3H3. The van der Waals surface area contributed by atoms with E-state index in [0.29, 0.717) is 36.8 Å². The highest BCUT2D eigenvalue weighted by molar-refractivity contribution is 5.74. The van der Waals surface area contributed by atoms with Crippen molar-refractivity contribution >= 4 is 17.1 Å². The summed E-state index contributed by atoms with van der Waals surface area (Å²) < 4.78 is 10.2. The molecule has 0 bridgehead atoms. The van der Waals surface area contributed by atoms with Gasteiger partial charge in [0.1, 0.15) is 6.73 Å². The highest BCUT2D eigenvalue weighted by Gasteiger charge is 2.26. The minimum atomic E-state index is -0.450. The van der Waals surface area contributed by atoms with Crippen molar-refractivity contribution in [2.75, 3.05) is 18.0 Å². The van der Waals surface area contributed by atoms with Gasteiger partial charge >= 0.3 is 5.69 Å². The number of rotatable bonds is 7. The lowest BCUT2D eigenvalue weighted by molar-refractivity contribution is 0.0585. The minimum absolute atomic E-state index is 0.0577. The highest BCUT2D eigenvalue weighted by atomic mass is 16.5. The van der Waals surface area contributed by atoms with Crippen molar-refractivity contribution in [3.05, 3.63) is 68.4 Å². The second kappa shape index (κ2) is 9.76. The molecule has 4 rings (SSSR count). The summed E-state index contributed by atoms with van der Waals surface area (Å²) >= 11 is 0. The number of aryl methyl sites for hydroxylation is 1. The van der Waals surface area contributed by atoms with E-state index in [1.165, 1.54) is 4.57 Å². The molecule has 0 saturated carbocycles. The molecule has 1 aliphatic heterocycles. The molecule has 9 heteroatoms. The number of benzene rings is 1. The lowest BCUT2D eigenvalue weighted by atomic mass is 10.1. The number of hydrogen-bond acceptors (Lipinski definition) is 6. The largest absolute Gasteiger partial charge is 0.356 e. The van der Waals surface area contributed by atoms with Gasteiger partial charge in [0.05, 0.1) is 6.61 Å². The molecule has 1 aliphatic rings. The number of anilines is 1. The summed E-state index contributed by atoms with van der Waals surface area (Å²) in [6, 6.07) is 9.71. The Hall–Kier alpha value is -3.17. The fourth-order valence-electron chi connectivity index (χ4n) is 4.18. The molecule has 0 aliphatic carbocycles. The number of nitrogens with zero attached hydrogens (tertiary/aromatic N) is 5. The van der Waals surface area contributed by atoms with Gasteiger partial charge in [0, 0.05) is 32.7 Å². The summed E-state index contributed by atoms with van der Waals surface area (Å²) in [5, 5.41) is 0. The zero-order valence-corrected chi connectivity index (χ0v) is 19.5. The summed E-state index contributed by atoms with van der Waals surface area (Å²) in [7, 11) is 1.64. The SMILES string of the molecule is CC(C)=CCn1c(N2CCCC(N)C2)nc2c1c(=O)n(COCc1ccccc1)c(=O)n2C. The number of imidazole rings is 1. The smallest absolute Gasteiger partial charge is 0.334 e. The van der Waals surface area contributed by atoms with Crippen molar-refractivity contribution in [1.82, 2.24) is 18.7 Å². The van der Waals surface area contributed by atoms with Gasteiger partial charge in [0.15, 0.2) is 11.2 Å². The zero-order chi connectivity index (χ0) is 23.5. The Morgan fingerprint density at radius 2 is 1.97 bits per heavy atom. The van der Waals surface area contributed by atoms with E-state index in [0.717, 1.165) is 35.1 Å². The Morgan fingerprint density at radius 3 is 2.67 bits per heavy atom. The van der Waals surface area contributed by atoms with Crippen LogP contribution < -0.4 is 21.9 Å². The van der Waals surface area contributed by atoms with Gasteiger partial charge in [0.25, 0.3) is 5.56 Å². The van der Waals surface area contributed by atoms with Crippen LogP contribution in [0.1, 0.15) is 32.3 Å². The molecule has 0 radical (unpaired) electrons. The van der Waals surface area contributed by atoms with E-state index in [1.54, 1.807) is 7.05 Å². The fraction of sp³-hybridized carbons (Fsp3) is 0.458. The summed E-state index contributed by atoms with van der Waals surface area (Å²) in [6.45, 7) is 6.17. The van der Waals surface area contributed by atoms with Gasteiger partial charge < -0.3 is 19.9 Å². The predicted octanol–water partition coefficient (Wildman–Crippen LogP) is 1.96. The van der Waals surface area contributed by atoms with Crippen LogP contribution in [0.3, 0.4) is 0 Å². The third kappa shape index (κ3) is 4.79. The van der Waals surface area contributed by atoms with Crippen LogP contribution in [0, 0.1) is 0 Å². The summed E-state index contributed by atoms with van der Waals surface area (Å²) in [5.74, 6) is 0.674. The van der Waals surface area contributed by atoms with E-state index < -0.39 is 11.2 Å². The maximum Gasteiger partial charge on any atom is 0.334 e. The third-order valence-corrected chi connectivity index (χ3v) is 5.97. The molecule has 3 aromatic rings. The van der Waals surface area contributed by atoms with Gasteiger partial charge in [-0.25, -0.2) is 9.36 Å². The van der Waals surface area contributed by atoms with Gasteiger partial charge in [-0.05, 0) is 32.3 Å². The number of aromatic nitrogens is 4. The molecule has 3 heterocycles. The van der Waals surface area contributed by atoms with E-state index in [4.69, 9.17) is 15.5 Å². The molecule has 1 unspecified atom stereocenters. The second-order valence-corrected chi connectivity index (χ2v) is 8.86. The Bertz CT molecular complexity index is 1270. The second-order valence-electron chi connectivity index (χ2n) is 8.86. The van der Waals surface area contributed by atoms with Crippen molar-refractivity contribution in [1.29, 1.82) is 0 Å². The van der Waals surface area contributed by atoms with Crippen LogP contribution in [0.4, 0.5) is 5.95 Å². The Balaban J connectivity index is 1.77. The third-order valence-electron chi connectivity index (χ3n) is 5.97. The maximum atomic E-state index is 13.5. The first kappa shape index (κ1) is 23.0.